The molecule has 0 spiro atoms. The summed E-state index contributed by atoms with van der Waals surface area (Å²) in [5.74, 6) is 1.38. The SMILES string of the molecule is COc1cccc(OCC(=O)N2CCCC(N3CCNCC3=O)C2)c1. The standard InChI is InChI=1S/C18H25N3O4/c1-24-15-5-2-6-16(10-15)25-13-18(23)20-8-3-4-14(12-20)21-9-7-19-11-17(21)22/h2,5-6,10,14,19H,3-4,7-9,11-13H2,1H3. The number of rotatable bonds is 5. The molecule has 7 heteroatoms. The molecule has 2 fully saturated rings. The molecule has 0 saturated carbocycles. The number of carbonyl (C=O) groups is 2. The lowest BCUT2D eigenvalue weighted by Gasteiger charge is -2.41. The zero-order valence-electron chi connectivity index (χ0n) is 14.6. The largest absolute Gasteiger partial charge is 0.497 e. The third-order valence-electron chi connectivity index (χ3n) is 4.72. The number of benzene rings is 1. The molecule has 0 aromatic heterocycles. The maximum atomic E-state index is 12.5. The Morgan fingerprint density at radius 3 is 2.96 bits per heavy atom. The first-order chi connectivity index (χ1) is 12.2. The Bertz CT molecular complexity index is 622. The van der Waals surface area contributed by atoms with Gasteiger partial charge in [-0.3, -0.25) is 9.59 Å². The van der Waals surface area contributed by atoms with E-state index in [9.17, 15) is 9.59 Å². The average molecular weight is 347 g/mol. The molecular formula is C18H25N3O4. The summed E-state index contributed by atoms with van der Waals surface area (Å²) in [7, 11) is 1.59. The third kappa shape index (κ3) is 4.42. The number of ether oxygens (including phenoxy) is 2. The Balaban J connectivity index is 1.53. The molecule has 0 bridgehead atoms. The van der Waals surface area contributed by atoms with Crippen LogP contribution in [0.5, 0.6) is 11.5 Å². The smallest absolute Gasteiger partial charge is 0.260 e. The van der Waals surface area contributed by atoms with E-state index >= 15 is 0 Å². The first-order valence-corrected chi connectivity index (χ1v) is 8.72. The summed E-state index contributed by atoms with van der Waals surface area (Å²) in [6.07, 6.45) is 1.86. The number of likely N-dealkylation sites (tertiary alicyclic amines) is 1. The van der Waals surface area contributed by atoms with Crippen LogP contribution in [0.15, 0.2) is 24.3 Å². The van der Waals surface area contributed by atoms with Gasteiger partial charge in [0.15, 0.2) is 6.61 Å². The summed E-state index contributed by atoms with van der Waals surface area (Å²) < 4.78 is 10.8. The number of piperazine rings is 1. The fraction of sp³-hybridized carbons (Fsp3) is 0.556. The van der Waals surface area contributed by atoms with Gasteiger partial charge in [0, 0.05) is 38.3 Å². The highest BCUT2D eigenvalue weighted by Crippen LogP contribution is 2.20. The molecule has 3 rings (SSSR count). The summed E-state index contributed by atoms with van der Waals surface area (Å²) in [5, 5.41) is 3.08. The zero-order valence-corrected chi connectivity index (χ0v) is 14.6. The molecular weight excluding hydrogens is 322 g/mol. The van der Waals surface area contributed by atoms with Gasteiger partial charge in [0.1, 0.15) is 11.5 Å². The van der Waals surface area contributed by atoms with Gasteiger partial charge in [0.25, 0.3) is 5.91 Å². The molecule has 2 aliphatic rings. The van der Waals surface area contributed by atoms with Crippen LogP contribution in [0.4, 0.5) is 0 Å². The van der Waals surface area contributed by atoms with E-state index in [1.165, 1.54) is 0 Å². The number of carbonyl (C=O) groups excluding carboxylic acids is 2. The van der Waals surface area contributed by atoms with Crippen LogP contribution in [0, 0.1) is 0 Å². The lowest BCUT2D eigenvalue weighted by Crippen LogP contribution is -2.57. The van der Waals surface area contributed by atoms with Gasteiger partial charge in [-0.05, 0) is 25.0 Å². The molecule has 1 N–H and O–H groups in total. The topological polar surface area (TPSA) is 71.1 Å². The van der Waals surface area contributed by atoms with E-state index in [4.69, 9.17) is 9.47 Å². The van der Waals surface area contributed by atoms with Crippen molar-refractivity contribution in [3.05, 3.63) is 24.3 Å². The number of hydrogen-bond donors (Lipinski definition) is 1. The fourth-order valence-electron chi connectivity index (χ4n) is 3.37. The van der Waals surface area contributed by atoms with Gasteiger partial charge in [-0.15, -0.1) is 0 Å². The molecule has 1 aromatic rings. The van der Waals surface area contributed by atoms with Crippen LogP contribution in [-0.4, -0.2) is 74.1 Å². The Morgan fingerprint density at radius 2 is 2.16 bits per heavy atom. The summed E-state index contributed by atoms with van der Waals surface area (Å²) in [6.45, 7) is 3.23. The van der Waals surface area contributed by atoms with Crippen LogP contribution in [0.3, 0.4) is 0 Å². The summed E-state index contributed by atoms with van der Waals surface area (Å²) in [5.41, 5.74) is 0. The van der Waals surface area contributed by atoms with Gasteiger partial charge in [-0.1, -0.05) is 6.07 Å². The Hall–Kier alpha value is -2.28. The minimum Gasteiger partial charge on any atom is -0.497 e. The summed E-state index contributed by atoms with van der Waals surface area (Å²) in [6, 6.07) is 7.32. The van der Waals surface area contributed by atoms with E-state index in [0.717, 1.165) is 25.9 Å². The van der Waals surface area contributed by atoms with Crippen LogP contribution < -0.4 is 14.8 Å². The van der Waals surface area contributed by atoms with E-state index in [1.54, 1.807) is 19.2 Å². The second kappa shape index (κ2) is 8.20. The van der Waals surface area contributed by atoms with Crippen molar-refractivity contribution in [2.75, 3.05) is 46.4 Å². The monoisotopic (exact) mass is 347 g/mol. The van der Waals surface area contributed by atoms with Crippen molar-refractivity contribution in [1.82, 2.24) is 15.1 Å². The zero-order chi connectivity index (χ0) is 17.6. The van der Waals surface area contributed by atoms with Crippen molar-refractivity contribution in [1.29, 1.82) is 0 Å². The average Bonchev–Trinajstić information content (AvgIpc) is 2.66. The molecule has 1 unspecified atom stereocenters. The number of amides is 2. The van der Waals surface area contributed by atoms with Crippen molar-refractivity contribution in [3.8, 4) is 11.5 Å². The predicted molar refractivity (Wildman–Crippen MR) is 92.7 cm³/mol. The normalized spacial score (nSPS) is 21.2. The first-order valence-electron chi connectivity index (χ1n) is 8.72. The van der Waals surface area contributed by atoms with Crippen molar-refractivity contribution in [3.63, 3.8) is 0 Å². The van der Waals surface area contributed by atoms with Crippen molar-refractivity contribution >= 4 is 11.8 Å². The molecule has 2 heterocycles. The maximum Gasteiger partial charge on any atom is 0.260 e. The van der Waals surface area contributed by atoms with Crippen LogP contribution in [0.2, 0.25) is 0 Å². The molecule has 2 saturated heterocycles. The van der Waals surface area contributed by atoms with E-state index in [0.29, 0.717) is 31.1 Å². The van der Waals surface area contributed by atoms with Crippen molar-refractivity contribution < 1.29 is 19.1 Å². The molecule has 2 amide bonds. The quantitative estimate of drug-likeness (QED) is 0.840. The van der Waals surface area contributed by atoms with E-state index in [1.807, 2.05) is 21.9 Å². The van der Waals surface area contributed by atoms with E-state index in [2.05, 4.69) is 5.32 Å². The van der Waals surface area contributed by atoms with Crippen LogP contribution >= 0.6 is 0 Å². The highest BCUT2D eigenvalue weighted by atomic mass is 16.5. The Kier molecular flexibility index (Phi) is 5.75. The minimum absolute atomic E-state index is 0.00457. The molecule has 25 heavy (non-hydrogen) atoms. The van der Waals surface area contributed by atoms with Gasteiger partial charge in [-0.25, -0.2) is 0 Å². The van der Waals surface area contributed by atoms with Gasteiger partial charge in [0.05, 0.1) is 13.7 Å². The number of hydrogen-bond acceptors (Lipinski definition) is 5. The molecule has 2 aliphatic heterocycles. The number of piperidine rings is 1. The Morgan fingerprint density at radius 1 is 1.32 bits per heavy atom. The molecule has 1 aromatic carbocycles. The summed E-state index contributed by atoms with van der Waals surface area (Å²) in [4.78, 5) is 28.3. The number of methoxy groups -OCH3 is 1. The summed E-state index contributed by atoms with van der Waals surface area (Å²) >= 11 is 0. The number of nitrogens with zero attached hydrogens (tertiary/aromatic N) is 2. The van der Waals surface area contributed by atoms with Gasteiger partial charge in [-0.2, -0.15) is 0 Å². The highest BCUT2D eigenvalue weighted by molar-refractivity contribution is 5.80. The molecule has 1 atom stereocenters. The van der Waals surface area contributed by atoms with Gasteiger partial charge < -0.3 is 24.6 Å². The Labute approximate surface area is 147 Å². The molecule has 7 nitrogen and oxygen atoms in total. The maximum absolute atomic E-state index is 12.5. The van der Waals surface area contributed by atoms with E-state index < -0.39 is 0 Å². The molecule has 0 aliphatic carbocycles. The van der Waals surface area contributed by atoms with Crippen molar-refractivity contribution in [2.45, 2.75) is 18.9 Å². The molecule has 0 radical (unpaired) electrons. The second-order valence-corrected chi connectivity index (χ2v) is 6.37. The third-order valence-corrected chi connectivity index (χ3v) is 4.72. The van der Waals surface area contributed by atoms with Crippen LogP contribution in [0.25, 0.3) is 0 Å². The van der Waals surface area contributed by atoms with E-state index in [-0.39, 0.29) is 24.5 Å². The lowest BCUT2D eigenvalue weighted by atomic mass is 10.0. The second-order valence-electron chi connectivity index (χ2n) is 6.37. The van der Waals surface area contributed by atoms with Crippen LogP contribution in [-0.2, 0) is 9.59 Å². The van der Waals surface area contributed by atoms with Crippen LogP contribution in [0.1, 0.15) is 12.8 Å². The fourth-order valence-corrected chi connectivity index (χ4v) is 3.37. The molecule has 136 valence electrons. The highest BCUT2D eigenvalue weighted by Gasteiger charge is 2.31. The van der Waals surface area contributed by atoms with Crippen molar-refractivity contribution in [2.24, 2.45) is 0 Å². The lowest BCUT2D eigenvalue weighted by molar-refractivity contribution is -0.141. The predicted octanol–water partition coefficient (Wildman–Crippen LogP) is 0.497. The number of nitrogens with one attached hydrogen (secondary N) is 1. The van der Waals surface area contributed by atoms with Gasteiger partial charge >= 0.3 is 0 Å². The van der Waals surface area contributed by atoms with Gasteiger partial charge in [0.2, 0.25) is 5.91 Å². The minimum atomic E-state index is -0.0462. The first kappa shape index (κ1) is 17.5.